The fraction of sp³-hybridized carbons (Fsp3) is 0.250. The number of allylic oxidation sites excluding steroid dienone is 1. The van der Waals surface area contributed by atoms with Gasteiger partial charge in [0.15, 0.2) is 0 Å². The average Bonchev–Trinajstić information content (AvgIpc) is 2.26. The molecule has 0 amide bonds. The van der Waals surface area contributed by atoms with Gasteiger partial charge in [0.1, 0.15) is 0 Å². The lowest BCUT2D eigenvalue weighted by Crippen LogP contribution is -2.17. The van der Waals surface area contributed by atoms with Crippen molar-refractivity contribution in [2.45, 2.75) is 6.42 Å². The van der Waals surface area contributed by atoms with Crippen LogP contribution in [0.3, 0.4) is 0 Å². The summed E-state index contributed by atoms with van der Waals surface area (Å²) in [6, 6.07) is 9.37. The summed E-state index contributed by atoms with van der Waals surface area (Å²) in [5.41, 5.74) is 1.65. The molecule has 0 aliphatic rings. The Balaban J connectivity index is 2.67. The normalized spacial score (nSPS) is 12.1. The molecule has 0 saturated carbocycles. The second kappa shape index (κ2) is 5.32. The summed E-state index contributed by atoms with van der Waals surface area (Å²) in [5.74, 6) is -1.76. The molecule has 3 nitrogen and oxygen atoms in total. The molecule has 1 aromatic carbocycles. The summed E-state index contributed by atoms with van der Waals surface area (Å²) in [6.07, 6.45) is 0.274. The first-order valence-electron chi connectivity index (χ1n) is 4.72. The van der Waals surface area contributed by atoms with Crippen molar-refractivity contribution < 1.29 is 15.0 Å². The van der Waals surface area contributed by atoms with Crippen LogP contribution in [0.2, 0.25) is 0 Å². The van der Waals surface area contributed by atoms with Gasteiger partial charge in [-0.3, -0.25) is 4.79 Å². The third-order valence-electron chi connectivity index (χ3n) is 2.24. The van der Waals surface area contributed by atoms with Crippen molar-refractivity contribution in [1.29, 1.82) is 0 Å². The molecular weight excluding hydrogens is 192 g/mol. The molecule has 3 heteroatoms. The van der Waals surface area contributed by atoms with E-state index < -0.39 is 11.9 Å². The maximum atomic E-state index is 10.7. The number of rotatable bonds is 5. The summed E-state index contributed by atoms with van der Waals surface area (Å²) in [5, 5.41) is 17.6. The van der Waals surface area contributed by atoms with Crippen molar-refractivity contribution >= 4 is 11.5 Å². The molecular formula is C12H14O3. The lowest BCUT2D eigenvalue weighted by molar-refractivity contribution is -0.142. The first-order chi connectivity index (χ1) is 7.15. The minimum atomic E-state index is -0.991. The summed E-state index contributed by atoms with van der Waals surface area (Å²) in [4.78, 5) is 10.7. The number of aliphatic carboxylic acids is 1. The van der Waals surface area contributed by atoms with E-state index in [4.69, 9.17) is 10.2 Å². The molecule has 2 N–H and O–H groups in total. The lowest BCUT2D eigenvalue weighted by Gasteiger charge is -2.11. The van der Waals surface area contributed by atoms with Gasteiger partial charge in [0.2, 0.25) is 0 Å². The maximum Gasteiger partial charge on any atom is 0.309 e. The number of hydrogen-bond acceptors (Lipinski definition) is 2. The first-order valence-corrected chi connectivity index (χ1v) is 4.72. The summed E-state index contributed by atoms with van der Waals surface area (Å²) in [7, 11) is 0. The number of hydrogen-bond donors (Lipinski definition) is 2. The average molecular weight is 206 g/mol. The zero-order valence-electron chi connectivity index (χ0n) is 8.39. The van der Waals surface area contributed by atoms with Crippen molar-refractivity contribution in [1.82, 2.24) is 0 Å². The highest BCUT2D eigenvalue weighted by Crippen LogP contribution is 2.20. The topological polar surface area (TPSA) is 57.5 Å². The van der Waals surface area contributed by atoms with Gasteiger partial charge in [-0.15, -0.1) is 0 Å². The van der Waals surface area contributed by atoms with Gasteiger partial charge in [-0.2, -0.15) is 0 Å². The zero-order chi connectivity index (χ0) is 11.3. The van der Waals surface area contributed by atoms with E-state index in [0.29, 0.717) is 0 Å². The van der Waals surface area contributed by atoms with Crippen LogP contribution >= 0.6 is 0 Å². The Bertz CT molecular complexity index is 343. The van der Waals surface area contributed by atoms with Crippen molar-refractivity contribution in [2.75, 3.05) is 6.61 Å². The molecule has 0 bridgehead atoms. The van der Waals surface area contributed by atoms with Gasteiger partial charge in [-0.1, -0.05) is 36.9 Å². The van der Waals surface area contributed by atoms with Crippen LogP contribution in [0, 0.1) is 5.92 Å². The van der Waals surface area contributed by atoms with E-state index in [0.717, 1.165) is 11.1 Å². The molecule has 0 fully saturated rings. The second-order valence-electron chi connectivity index (χ2n) is 3.39. The van der Waals surface area contributed by atoms with Gasteiger partial charge in [0.25, 0.3) is 0 Å². The van der Waals surface area contributed by atoms with Gasteiger partial charge in [0, 0.05) is 0 Å². The predicted octanol–water partition coefficient (Wildman–Crippen LogP) is 1.78. The second-order valence-corrected chi connectivity index (χ2v) is 3.39. The summed E-state index contributed by atoms with van der Waals surface area (Å²) >= 11 is 0. The van der Waals surface area contributed by atoms with Gasteiger partial charge in [-0.25, -0.2) is 0 Å². The Morgan fingerprint density at radius 2 is 1.93 bits per heavy atom. The Kier molecular flexibility index (Phi) is 4.06. The number of aliphatic hydroxyl groups excluding tert-OH is 1. The lowest BCUT2D eigenvalue weighted by atomic mass is 9.96. The van der Waals surface area contributed by atoms with E-state index in [-0.39, 0.29) is 13.0 Å². The number of aliphatic hydroxyl groups is 1. The van der Waals surface area contributed by atoms with Crippen LogP contribution in [0.5, 0.6) is 0 Å². The molecule has 1 atom stereocenters. The van der Waals surface area contributed by atoms with E-state index in [1.165, 1.54) is 0 Å². The SMILES string of the molecule is C=C(CC(CO)C(=O)O)c1ccccc1. The maximum absolute atomic E-state index is 10.7. The summed E-state index contributed by atoms with van der Waals surface area (Å²) in [6.45, 7) is 3.46. The molecule has 1 unspecified atom stereocenters. The van der Waals surface area contributed by atoms with Crippen LogP contribution in [0.4, 0.5) is 0 Å². The highest BCUT2D eigenvalue weighted by molar-refractivity contribution is 5.74. The predicted molar refractivity (Wildman–Crippen MR) is 58.3 cm³/mol. The Hall–Kier alpha value is -1.61. The fourth-order valence-corrected chi connectivity index (χ4v) is 1.32. The van der Waals surface area contributed by atoms with Crippen LogP contribution in [0.1, 0.15) is 12.0 Å². The molecule has 1 aromatic rings. The fourth-order valence-electron chi connectivity index (χ4n) is 1.32. The van der Waals surface area contributed by atoms with Gasteiger partial charge in [-0.05, 0) is 17.6 Å². The number of carboxylic acid groups (broad SMARTS) is 1. The molecule has 15 heavy (non-hydrogen) atoms. The highest BCUT2D eigenvalue weighted by Gasteiger charge is 2.17. The molecule has 0 saturated heterocycles. The molecule has 0 aliphatic heterocycles. The van der Waals surface area contributed by atoms with Gasteiger partial charge >= 0.3 is 5.97 Å². The zero-order valence-corrected chi connectivity index (χ0v) is 8.39. The van der Waals surface area contributed by atoms with Crippen LogP contribution < -0.4 is 0 Å². The van der Waals surface area contributed by atoms with E-state index in [2.05, 4.69) is 6.58 Å². The highest BCUT2D eigenvalue weighted by atomic mass is 16.4. The molecule has 1 rings (SSSR count). The molecule has 0 heterocycles. The van der Waals surface area contributed by atoms with Crippen LogP contribution in [-0.4, -0.2) is 22.8 Å². The quantitative estimate of drug-likeness (QED) is 0.772. The smallest absolute Gasteiger partial charge is 0.309 e. The molecule has 0 aliphatic carbocycles. The first kappa shape index (κ1) is 11.5. The van der Waals surface area contributed by atoms with E-state index >= 15 is 0 Å². The minimum Gasteiger partial charge on any atom is -0.481 e. The van der Waals surface area contributed by atoms with Crippen LogP contribution in [0.25, 0.3) is 5.57 Å². The molecule has 80 valence electrons. The molecule has 0 radical (unpaired) electrons. The third kappa shape index (κ3) is 3.22. The standard InChI is InChI=1S/C12H14O3/c1-9(7-11(8-13)12(14)15)10-5-3-2-4-6-10/h2-6,11,13H,1,7-8H2,(H,14,15). The number of carboxylic acids is 1. The summed E-state index contributed by atoms with van der Waals surface area (Å²) < 4.78 is 0. The monoisotopic (exact) mass is 206 g/mol. The Labute approximate surface area is 88.7 Å². The Morgan fingerprint density at radius 3 is 2.40 bits per heavy atom. The largest absolute Gasteiger partial charge is 0.481 e. The van der Waals surface area contributed by atoms with Crippen molar-refractivity contribution in [2.24, 2.45) is 5.92 Å². The van der Waals surface area contributed by atoms with Crippen LogP contribution in [-0.2, 0) is 4.79 Å². The van der Waals surface area contributed by atoms with E-state index in [9.17, 15) is 4.79 Å². The van der Waals surface area contributed by atoms with E-state index in [1.807, 2.05) is 30.3 Å². The van der Waals surface area contributed by atoms with Crippen molar-refractivity contribution in [3.63, 3.8) is 0 Å². The van der Waals surface area contributed by atoms with Crippen molar-refractivity contribution in [3.05, 3.63) is 42.5 Å². The van der Waals surface area contributed by atoms with E-state index in [1.54, 1.807) is 0 Å². The van der Waals surface area contributed by atoms with Crippen LogP contribution in [0.15, 0.2) is 36.9 Å². The molecule has 0 spiro atoms. The number of benzene rings is 1. The molecule has 0 aromatic heterocycles. The third-order valence-corrected chi connectivity index (χ3v) is 2.24. The minimum absolute atomic E-state index is 0.274. The number of carbonyl (C=O) groups is 1. The van der Waals surface area contributed by atoms with Gasteiger partial charge in [0.05, 0.1) is 12.5 Å². The van der Waals surface area contributed by atoms with Gasteiger partial charge < -0.3 is 10.2 Å². The Morgan fingerprint density at radius 1 is 1.33 bits per heavy atom. The van der Waals surface area contributed by atoms with Crippen molar-refractivity contribution in [3.8, 4) is 0 Å².